The number of rotatable bonds is 9. The highest BCUT2D eigenvalue weighted by molar-refractivity contribution is 6.30. The molecule has 0 saturated heterocycles. The van der Waals surface area contributed by atoms with Crippen LogP contribution < -0.4 is 10.1 Å². The third-order valence-corrected chi connectivity index (χ3v) is 4.95. The number of benzene rings is 2. The highest BCUT2D eigenvalue weighted by Gasteiger charge is 2.19. The molecule has 0 aliphatic carbocycles. The predicted molar refractivity (Wildman–Crippen MR) is 116 cm³/mol. The summed E-state index contributed by atoms with van der Waals surface area (Å²) >= 11 is 5.93. The second kappa shape index (κ2) is 10.6. The van der Waals surface area contributed by atoms with Crippen LogP contribution in [-0.2, 0) is 20.7 Å². The first-order valence-corrected chi connectivity index (χ1v) is 10.1. The fourth-order valence-corrected chi connectivity index (χ4v) is 3.12. The molecule has 3 aromatic rings. The SMILES string of the molecule is COC(=O)CC(NC(=O)CCc1ncc(-c2ccc(OC)cc2)o1)c1ccc(Cl)cc1. The van der Waals surface area contributed by atoms with Crippen molar-refractivity contribution < 1.29 is 23.5 Å². The highest BCUT2D eigenvalue weighted by Crippen LogP contribution is 2.24. The number of halogens is 1. The van der Waals surface area contributed by atoms with E-state index in [4.69, 9.17) is 25.5 Å². The fourth-order valence-electron chi connectivity index (χ4n) is 3.00. The average Bonchev–Trinajstić information content (AvgIpc) is 3.27. The van der Waals surface area contributed by atoms with Crippen molar-refractivity contribution >= 4 is 23.5 Å². The lowest BCUT2D eigenvalue weighted by Crippen LogP contribution is -2.30. The molecule has 0 radical (unpaired) electrons. The number of nitrogens with zero attached hydrogens (tertiary/aromatic N) is 1. The summed E-state index contributed by atoms with van der Waals surface area (Å²) in [4.78, 5) is 28.5. The molecule has 1 unspecified atom stereocenters. The van der Waals surface area contributed by atoms with E-state index >= 15 is 0 Å². The van der Waals surface area contributed by atoms with Gasteiger partial charge in [0.15, 0.2) is 11.7 Å². The maximum Gasteiger partial charge on any atom is 0.307 e. The standard InChI is InChI=1S/C23H23ClN2O5/c1-29-18-9-5-16(6-10-18)20-14-25-22(31-20)12-11-21(27)26-19(13-23(28)30-2)15-3-7-17(24)8-4-15/h3-10,14,19H,11-13H2,1-2H3,(H,26,27). The summed E-state index contributed by atoms with van der Waals surface area (Å²) in [5.74, 6) is 1.17. The van der Waals surface area contributed by atoms with Crippen LogP contribution in [-0.4, -0.2) is 31.1 Å². The lowest BCUT2D eigenvalue weighted by Gasteiger charge is -2.18. The van der Waals surface area contributed by atoms with Gasteiger partial charge in [-0.1, -0.05) is 23.7 Å². The van der Waals surface area contributed by atoms with Crippen LogP contribution in [0.4, 0.5) is 0 Å². The van der Waals surface area contributed by atoms with E-state index in [0.717, 1.165) is 16.9 Å². The van der Waals surface area contributed by atoms with Gasteiger partial charge >= 0.3 is 5.97 Å². The van der Waals surface area contributed by atoms with Gasteiger partial charge < -0.3 is 19.2 Å². The number of oxazole rings is 1. The summed E-state index contributed by atoms with van der Waals surface area (Å²) < 4.78 is 15.7. The number of carbonyl (C=O) groups is 2. The van der Waals surface area contributed by atoms with E-state index in [2.05, 4.69) is 10.3 Å². The minimum absolute atomic E-state index is 0.0183. The van der Waals surface area contributed by atoms with E-state index in [1.807, 2.05) is 24.3 Å². The number of nitrogens with one attached hydrogen (secondary N) is 1. The molecule has 0 fully saturated rings. The normalized spacial score (nSPS) is 11.6. The molecule has 1 atom stereocenters. The first kappa shape index (κ1) is 22.4. The van der Waals surface area contributed by atoms with Gasteiger partial charge in [0, 0.05) is 23.4 Å². The average molecular weight is 443 g/mol. The molecule has 1 amide bonds. The van der Waals surface area contributed by atoms with Gasteiger partial charge in [-0.2, -0.15) is 0 Å². The lowest BCUT2D eigenvalue weighted by atomic mass is 10.0. The van der Waals surface area contributed by atoms with Crippen molar-refractivity contribution in [3.63, 3.8) is 0 Å². The van der Waals surface area contributed by atoms with Gasteiger partial charge in [0.05, 0.1) is 32.9 Å². The predicted octanol–water partition coefficient (Wildman–Crippen LogP) is 4.36. The summed E-state index contributed by atoms with van der Waals surface area (Å²) in [6, 6.07) is 13.9. The van der Waals surface area contributed by atoms with Gasteiger partial charge in [-0.15, -0.1) is 0 Å². The smallest absolute Gasteiger partial charge is 0.307 e. The number of hydrogen-bond acceptors (Lipinski definition) is 6. The Kier molecular flexibility index (Phi) is 7.67. The van der Waals surface area contributed by atoms with Crippen molar-refractivity contribution in [1.82, 2.24) is 10.3 Å². The molecule has 0 aliphatic heterocycles. The van der Waals surface area contributed by atoms with E-state index in [1.54, 1.807) is 37.6 Å². The maximum absolute atomic E-state index is 12.5. The molecule has 1 aromatic heterocycles. The highest BCUT2D eigenvalue weighted by atomic mass is 35.5. The van der Waals surface area contributed by atoms with Crippen molar-refractivity contribution in [3.8, 4) is 17.1 Å². The van der Waals surface area contributed by atoms with Crippen LogP contribution in [0.2, 0.25) is 5.02 Å². The molecule has 7 nitrogen and oxygen atoms in total. The molecule has 8 heteroatoms. The molecule has 0 aliphatic rings. The Balaban J connectivity index is 1.60. The molecule has 3 rings (SSSR count). The molecular formula is C23H23ClN2O5. The van der Waals surface area contributed by atoms with E-state index < -0.39 is 12.0 Å². The Morgan fingerprint density at radius 2 is 1.81 bits per heavy atom. The van der Waals surface area contributed by atoms with Gasteiger partial charge in [-0.05, 0) is 42.0 Å². The van der Waals surface area contributed by atoms with E-state index in [0.29, 0.717) is 23.1 Å². The molecular weight excluding hydrogens is 420 g/mol. The number of esters is 1. The van der Waals surface area contributed by atoms with Crippen molar-refractivity contribution in [3.05, 3.63) is 71.2 Å². The van der Waals surface area contributed by atoms with Crippen molar-refractivity contribution in [2.75, 3.05) is 14.2 Å². The summed E-state index contributed by atoms with van der Waals surface area (Å²) in [6.07, 6.45) is 2.13. The number of carbonyl (C=O) groups excluding carboxylic acids is 2. The maximum atomic E-state index is 12.5. The Labute approximate surface area is 185 Å². The van der Waals surface area contributed by atoms with Gasteiger partial charge in [0.25, 0.3) is 0 Å². The van der Waals surface area contributed by atoms with Gasteiger partial charge in [0.2, 0.25) is 5.91 Å². The molecule has 0 saturated carbocycles. The molecule has 1 N–H and O–H groups in total. The molecule has 31 heavy (non-hydrogen) atoms. The molecule has 0 bridgehead atoms. The number of methoxy groups -OCH3 is 2. The number of amides is 1. The van der Waals surface area contributed by atoms with Crippen molar-refractivity contribution in [2.45, 2.75) is 25.3 Å². The van der Waals surface area contributed by atoms with E-state index in [9.17, 15) is 9.59 Å². The molecule has 162 valence electrons. The minimum atomic E-state index is -0.517. The zero-order chi connectivity index (χ0) is 22.2. The van der Waals surface area contributed by atoms with Crippen molar-refractivity contribution in [2.24, 2.45) is 0 Å². The summed E-state index contributed by atoms with van der Waals surface area (Å²) in [6.45, 7) is 0. The Morgan fingerprint density at radius 3 is 2.45 bits per heavy atom. The Bertz CT molecular complexity index is 1020. The Hall–Kier alpha value is -3.32. The Morgan fingerprint density at radius 1 is 1.10 bits per heavy atom. The van der Waals surface area contributed by atoms with E-state index in [-0.39, 0.29) is 18.7 Å². The summed E-state index contributed by atoms with van der Waals surface area (Å²) in [5, 5.41) is 3.45. The summed E-state index contributed by atoms with van der Waals surface area (Å²) in [5.41, 5.74) is 1.63. The number of aryl methyl sites for hydroxylation is 1. The first-order valence-electron chi connectivity index (χ1n) is 9.69. The number of aromatic nitrogens is 1. The zero-order valence-corrected chi connectivity index (χ0v) is 18.0. The quantitative estimate of drug-likeness (QED) is 0.495. The summed E-state index contributed by atoms with van der Waals surface area (Å²) in [7, 11) is 2.92. The van der Waals surface area contributed by atoms with Crippen LogP contribution >= 0.6 is 11.6 Å². The zero-order valence-electron chi connectivity index (χ0n) is 17.3. The lowest BCUT2D eigenvalue weighted by molar-refractivity contribution is -0.141. The van der Waals surface area contributed by atoms with E-state index in [1.165, 1.54) is 7.11 Å². The number of ether oxygens (including phenoxy) is 2. The third kappa shape index (κ3) is 6.33. The van der Waals surface area contributed by atoms with Gasteiger partial charge in [0.1, 0.15) is 5.75 Å². The largest absolute Gasteiger partial charge is 0.497 e. The minimum Gasteiger partial charge on any atom is -0.497 e. The fraction of sp³-hybridized carbons (Fsp3) is 0.261. The second-order valence-electron chi connectivity index (χ2n) is 6.80. The second-order valence-corrected chi connectivity index (χ2v) is 7.24. The monoisotopic (exact) mass is 442 g/mol. The number of hydrogen-bond donors (Lipinski definition) is 1. The topological polar surface area (TPSA) is 90.7 Å². The van der Waals surface area contributed by atoms with Crippen LogP contribution in [0, 0.1) is 0 Å². The first-order chi connectivity index (χ1) is 15.0. The molecule has 0 spiro atoms. The third-order valence-electron chi connectivity index (χ3n) is 4.70. The molecule has 2 aromatic carbocycles. The van der Waals surface area contributed by atoms with Crippen LogP contribution in [0.3, 0.4) is 0 Å². The van der Waals surface area contributed by atoms with Crippen LogP contribution in [0.5, 0.6) is 5.75 Å². The van der Waals surface area contributed by atoms with Gasteiger partial charge in [-0.25, -0.2) is 4.98 Å². The van der Waals surface area contributed by atoms with Crippen LogP contribution in [0.25, 0.3) is 11.3 Å². The molecule has 1 heterocycles. The van der Waals surface area contributed by atoms with Crippen molar-refractivity contribution in [1.29, 1.82) is 0 Å². The van der Waals surface area contributed by atoms with Gasteiger partial charge in [-0.3, -0.25) is 9.59 Å². The van der Waals surface area contributed by atoms with Crippen LogP contribution in [0.1, 0.15) is 30.3 Å². The van der Waals surface area contributed by atoms with Crippen LogP contribution in [0.15, 0.2) is 59.1 Å².